The topological polar surface area (TPSA) is 44.8 Å². The SMILES string of the molecule is COc1cc(/C=C/CC=O)cc(OC)c1OC/C=C(\C)CCC=C(C)C. The molecule has 1 aromatic carbocycles. The summed E-state index contributed by atoms with van der Waals surface area (Å²) in [6.07, 6.45) is 11.3. The molecule has 0 saturated carbocycles. The highest BCUT2D eigenvalue weighted by atomic mass is 16.5. The number of allylic oxidation sites excluding steroid dienone is 4. The summed E-state index contributed by atoms with van der Waals surface area (Å²) in [4.78, 5) is 10.4. The maximum atomic E-state index is 10.4. The monoisotopic (exact) mass is 358 g/mol. The number of benzene rings is 1. The van der Waals surface area contributed by atoms with Crippen molar-refractivity contribution in [1.82, 2.24) is 0 Å². The van der Waals surface area contributed by atoms with Gasteiger partial charge in [-0.05, 0) is 57.4 Å². The number of rotatable bonds is 11. The van der Waals surface area contributed by atoms with Crippen LogP contribution in [0.5, 0.6) is 17.2 Å². The smallest absolute Gasteiger partial charge is 0.203 e. The van der Waals surface area contributed by atoms with Gasteiger partial charge in [-0.25, -0.2) is 0 Å². The van der Waals surface area contributed by atoms with Crippen molar-refractivity contribution in [3.8, 4) is 17.2 Å². The molecule has 0 N–H and O–H groups in total. The van der Waals surface area contributed by atoms with E-state index in [-0.39, 0.29) is 0 Å². The third-order valence-electron chi connectivity index (χ3n) is 3.78. The van der Waals surface area contributed by atoms with Gasteiger partial charge < -0.3 is 19.0 Å². The fraction of sp³-hybridized carbons (Fsp3) is 0.409. The number of aldehydes is 1. The Morgan fingerprint density at radius 1 is 1.04 bits per heavy atom. The van der Waals surface area contributed by atoms with E-state index in [1.165, 1.54) is 11.1 Å². The van der Waals surface area contributed by atoms with Crippen molar-refractivity contribution in [3.63, 3.8) is 0 Å². The molecule has 0 aliphatic carbocycles. The zero-order valence-electron chi connectivity index (χ0n) is 16.5. The van der Waals surface area contributed by atoms with Crippen molar-refractivity contribution < 1.29 is 19.0 Å². The number of carbonyl (C=O) groups is 1. The van der Waals surface area contributed by atoms with Crippen LogP contribution >= 0.6 is 0 Å². The minimum Gasteiger partial charge on any atom is -0.493 e. The minimum atomic E-state index is 0.375. The molecule has 0 aliphatic heterocycles. The summed E-state index contributed by atoms with van der Waals surface area (Å²) in [6, 6.07) is 3.73. The molecule has 1 aromatic rings. The van der Waals surface area contributed by atoms with E-state index in [2.05, 4.69) is 32.9 Å². The molecule has 0 radical (unpaired) electrons. The first kappa shape index (κ1) is 21.6. The van der Waals surface area contributed by atoms with Crippen molar-refractivity contribution in [2.45, 2.75) is 40.0 Å². The van der Waals surface area contributed by atoms with Crippen LogP contribution in [0.2, 0.25) is 0 Å². The molecule has 0 atom stereocenters. The molecule has 26 heavy (non-hydrogen) atoms. The largest absolute Gasteiger partial charge is 0.493 e. The minimum absolute atomic E-state index is 0.375. The van der Waals surface area contributed by atoms with Gasteiger partial charge >= 0.3 is 0 Å². The lowest BCUT2D eigenvalue weighted by molar-refractivity contribution is -0.107. The van der Waals surface area contributed by atoms with E-state index in [4.69, 9.17) is 14.2 Å². The molecule has 4 heteroatoms. The molecule has 0 aliphatic rings. The summed E-state index contributed by atoms with van der Waals surface area (Å²) in [6.45, 7) is 6.78. The molecule has 0 amide bonds. The van der Waals surface area contributed by atoms with Crippen molar-refractivity contribution in [1.29, 1.82) is 0 Å². The second-order valence-corrected chi connectivity index (χ2v) is 6.24. The molecule has 0 fully saturated rings. The summed E-state index contributed by atoms with van der Waals surface area (Å²) in [7, 11) is 3.20. The average Bonchev–Trinajstić information content (AvgIpc) is 2.62. The Bertz CT molecular complexity index is 640. The highest BCUT2D eigenvalue weighted by Gasteiger charge is 2.13. The summed E-state index contributed by atoms with van der Waals surface area (Å²) in [5.74, 6) is 1.78. The van der Waals surface area contributed by atoms with Crippen LogP contribution < -0.4 is 14.2 Å². The molecular weight excluding hydrogens is 328 g/mol. The lowest BCUT2D eigenvalue weighted by Gasteiger charge is -2.14. The van der Waals surface area contributed by atoms with E-state index in [0.717, 1.165) is 24.7 Å². The second-order valence-electron chi connectivity index (χ2n) is 6.24. The standard InChI is InChI=1S/C22H30O4/c1-17(2)9-8-10-18(3)12-14-26-22-20(24-4)15-19(11-6-7-13-23)16-21(22)25-5/h6,9,11-13,15-16H,7-8,10,14H2,1-5H3/b11-6+,18-12+. The van der Waals surface area contributed by atoms with Gasteiger partial charge in [-0.1, -0.05) is 29.4 Å². The molecule has 0 unspecified atom stereocenters. The van der Waals surface area contributed by atoms with Crippen LogP contribution in [0, 0.1) is 0 Å². The zero-order chi connectivity index (χ0) is 19.4. The third-order valence-corrected chi connectivity index (χ3v) is 3.78. The molecule has 0 saturated heterocycles. The number of methoxy groups -OCH3 is 2. The Balaban J connectivity index is 2.84. The normalized spacial score (nSPS) is 11.3. The molecule has 0 bridgehead atoms. The number of hydrogen-bond acceptors (Lipinski definition) is 4. The molecule has 4 nitrogen and oxygen atoms in total. The summed E-state index contributed by atoms with van der Waals surface area (Å²) >= 11 is 0. The lowest BCUT2D eigenvalue weighted by Crippen LogP contribution is -2.00. The van der Waals surface area contributed by atoms with Gasteiger partial charge in [-0.15, -0.1) is 0 Å². The maximum Gasteiger partial charge on any atom is 0.203 e. The first-order chi connectivity index (χ1) is 12.5. The predicted molar refractivity (Wildman–Crippen MR) is 107 cm³/mol. The van der Waals surface area contributed by atoms with Crippen LogP contribution in [0.15, 0.2) is 41.5 Å². The van der Waals surface area contributed by atoms with Gasteiger partial charge in [-0.2, -0.15) is 0 Å². The van der Waals surface area contributed by atoms with E-state index >= 15 is 0 Å². The van der Waals surface area contributed by atoms with E-state index in [1.807, 2.05) is 18.2 Å². The third kappa shape index (κ3) is 7.60. The molecule has 1 rings (SSSR count). The predicted octanol–water partition coefficient (Wildman–Crippen LogP) is 5.38. The Labute approximate surface area is 157 Å². The van der Waals surface area contributed by atoms with E-state index in [0.29, 0.717) is 30.3 Å². The molecule has 0 spiro atoms. The molecule has 0 heterocycles. The second kappa shape index (κ2) is 12.0. The first-order valence-electron chi connectivity index (χ1n) is 8.79. The maximum absolute atomic E-state index is 10.4. The summed E-state index contributed by atoms with van der Waals surface area (Å²) in [5.41, 5.74) is 3.51. The van der Waals surface area contributed by atoms with Gasteiger partial charge in [0.2, 0.25) is 5.75 Å². The highest BCUT2D eigenvalue weighted by molar-refractivity contribution is 5.64. The van der Waals surface area contributed by atoms with Gasteiger partial charge in [0.05, 0.1) is 14.2 Å². The quantitative estimate of drug-likeness (QED) is 0.394. The number of carbonyl (C=O) groups excluding carboxylic acids is 1. The van der Waals surface area contributed by atoms with Crippen molar-refractivity contribution in [2.75, 3.05) is 20.8 Å². The van der Waals surface area contributed by atoms with Crippen molar-refractivity contribution in [2.24, 2.45) is 0 Å². The van der Waals surface area contributed by atoms with Crippen molar-refractivity contribution in [3.05, 3.63) is 47.1 Å². The van der Waals surface area contributed by atoms with Crippen LogP contribution in [0.3, 0.4) is 0 Å². The van der Waals surface area contributed by atoms with Gasteiger partial charge in [0.25, 0.3) is 0 Å². The van der Waals surface area contributed by atoms with Crippen LogP contribution in [0.1, 0.15) is 45.6 Å². The fourth-order valence-electron chi connectivity index (χ4n) is 2.36. The van der Waals surface area contributed by atoms with E-state index < -0.39 is 0 Å². The van der Waals surface area contributed by atoms with Crippen LogP contribution in [-0.4, -0.2) is 27.1 Å². The Hall–Kier alpha value is -2.49. The summed E-state index contributed by atoms with van der Waals surface area (Å²) < 4.78 is 16.8. The van der Waals surface area contributed by atoms with E-state index in [1.54, 1.807) is 20.3 Å². The van der Waals surface area contributed by atoms with Crippen LogP contribution in [0.25, 0.3) is 6.08 Å². The van der Waals surface area contributed by atoms with E-state index in [9.17, 15) is 4.79 Å². The Morgan fingerprint density at radius 3 is 2.23 bits per heavy atom. The Morgan fingerprint density at radius 2 is 1.69 bits per heavy atom. The van der Waals surface area contributed by atoms with Gasteiger partial charge in [-0.3, -0.25) is 0 Å². The molecule has 142 valence electrons. The average molecular weight is 358 g/mol. The zero-order valence-corrected chi connectivity index (χ0v) is 16.5. The molecular formula is C22H30O4. The lowest BCUT2D eigenvalue weighted by atomic mass is 10.1. The van der Waals surface area contributed by atoms with Gasteiger partial charge in [0.1, 0.15) is 12.9 Å². The molecule has 0 aromatic heterocycles. The fourth-order valence-corrected chi connectivity index (χ4v) is 2.36. The van der Waals surface area contributed by atoms with Crippen LogP contribution in [-0.2, 0) is 4.79 Å². The van der Waals surface area contributed by atoms with Crippen LogP contribution in [0.4, 0.5) is 0 Å². The summed E-state index contributed by atoms with van der Waals surface area (Å²) in [5, 5.41) is 0. The number of hydrogen-bond donors (Lipinski definition) is 0. The highest BCUT2D eigenvalue weighted by Crippen LogP contribution is 2.39. The first-order valence-corrected chi connectivity index (χ1v) is 8.79. The van der Waals surface area contributed by atoms with Gasteiger partial charge in [0.15, 0.2) is 11.5 Å². The Kier molecular flexibility index (Phi) is 9.91. The van der Waals surface area contributed by atoms with Crippen molar-refractivity contribution >= 4 is 12.4 Å². The number of ether oxygens (including phenoxy) is 3. The van der Waals surface area contributed by atoms with Gasteiger partial charge in [0, 0.05) is 6.42 Å².